The van der Waals surface area contributed by atoms with Gasteiger partial charge in [-0.2, -0.15) is 0 Å². The highest BCUT2D eigenvalue weighted by Gasteiger charge is 2.25. The summed E-state index contributed by atoms with van der Waals surface area (Å²) in [5.41, 5.74) is 2.91. The Bertz CT molecular complexity index is 472. The maximum Gasteiger partial charge on any atom is -0.00701 e. The summed E-state index contributed by atoms with van der Waals surface area (Å²) in [5.74, 6) is 1.84. The zero-order valence-electron chi connectivity index (χ0n) is 12.2. The molecule has 2 aromatic rings. The lowest BCUT2D eigenvalue weighted by Crippen LogP contribution is -2.16. The summed E-state index contributed by atoms with van der Waals surface area (Å²) in [6.07, 6.45) is 1.22. The van der Waals surface area contributed by atoms with E-state index in [0.29, 0.717) is 17.8 Å². The van der Waals surface area contributed by atoms with Crippen LogP contribution in [-0.2, 0) is 0 Å². The van der Waals surface area contributed by atoms with Gasteiger partial charge in [-0.3, -0.25) is 0 Å². The number of rotatable bonds is 5. The van der Waals surface area contributed by atoms with Crippen molar-refractivity contribution in [2.24, 2.45) is 5.92 Å². The molecule has 0 N–H and O–H groups in total. The average Bonchev–Trinajstić information content (AvgIpc) is 2.49. The molecule has 0 fully saturated rings. The fourth-order valence-corrected chi connectivity index (χ4v) is 3.00. The first-order valence-electron chi connectivity index (χ1n) is 7.34. The fourth-order valence-electron chi connectivity index (χ4n) is 3.00. The van der Waals surface area contributed by atoms with Gasteiger partial charge in [-0.05, 0) is 28.9 Å². The summed E-state index contributed by atoms with van der Waals surface area (Å²) in [4.78, 5) is 0. The lowest BCUT2D eigenvalue weighted by Gasteiger charge is -2.30. The van der Waals surface area contributed by atoms with Crippen molar-refractivity contribution >= 4 is 0 Å². The van der Waals surface area contributed by atoms with Crippen molar-refractivity contribution in [3.8, 4) is 0 Å². The van der Waals surface area contributed by atoms with E-state index in [9.17, 15) is 0 Å². The molecule has 0 bridgehead atoms. The molecule has 0 nitrogen and oxygen atoms in total. The van der Waals surface area contributed by atoms with E-state index < -0.39 is 0 Å². The van der Waals surface area contributed by atoms with Gasteiger partial charge in [0.15, 0.2) is 0 Å². The molecule has 0 aliphatic rings. The van der Waals surface area contributed by atoms with Crippen molar-refractivity contribution in [1.82, 2.24) is 0 Å². The standard InChI is InChI=1S/C19H24/c1-4-15(2)19(18-13-9-6-10-14-18)16(3)17-11-7-5-8-12-17/h5-16,19H,4H2,1-3H3. The number of benzene rings is 2. The minimum atomic E-state index is 0.554. The van der Waals surface area contributed by atoms with Crippen LogP contribution in [0, 0.1) is 5.92 Å². The molecule has 0 aliphatic carbocycles. The largest absolute Gasteiger partial charge is 0.0651 e. The smallest absolute Gasteiger partial charge is 0.00701 e. The lowest BCUT2D eigenvalue weighted by atomic mass is 9.74. The Hall–Kier alpha value is -1.56. The van der Waals surface area contributed by atoms with Crippen molar-refractivity contribution in [2.75, 3.05) is 0 Å². The molecule has 2 aromatic carbocycles. The zero-order valence-corrected chi connectivity index (χ0v) is 12.2. The normalized spacial score (nSPS) is 15.7. The highest BCUT2D eigenvalue weighted by molar-refractivity contribution is 5.28. The molecule has 0 radical (unpaired) electrons. The summed E-state index contributed by atoms with van der Waals surface area (Å²) in [7, 11) is 0. The third kappa shape index (κ3) is 3.26. The summed E-state index contributed by atoms with van der Waals surface area (Å²) < 4.78 is 0. The number of hydrogen-bond acceptors (Lipinski definition) is 0. The van der Waals surface area contributed by atoms with Gasteiger partial charge < -0.3 is 0 Å². The van der Waals surface area contributed by atoms with E-state index >= 15 is 0 Å². The van der Waals surface area contributed by atoms with Crippen LogP contribution in [0.5, 0.6) is 0 Å². The molecule has 3 atom stereocenters. The van der Waals surface area contributed by atoms with Crippen LogP contribution in [0.1, 0.15) is 50.2 Å². The Morgan fingerprint density at radius 1 is 0.737 bits per heavy atom. The predicted molar refractivity (Wildman–Crippen MR) is 83.5 cm³/mol. The van der Waals surface area contributed by atoms with E-state index in [1.807, 2.05) is 0 Å². The first-order chi connectivity index (χ1) is 9.24. The van der Waals surface area contributed by atoms with E-state index in [1.54, 1.807) is 0 Å². The van der Waals surface area contributed by atoms with Gasteiger partial charge in [-0.1, -0.05) is 87.9 Å². The SMILES string of the molecule is CCC(C)C(c1ccccc1)C(C)c1ccccc1. The van der Waals surface area contributed by atoms with Gasteiger partial charge in [0, 0.05) is 0 Å². The molecule has 100 valence electrons. The van der Waals surface area contributed by atoms with Gasteiger partial charge in [0.25, 0.3) is 0 Å². The van der Waals surface area contributed by atoms with Gasteiger partial charge in [0.05, 0.1) is 0 Å². The van der Waals surface area contributed by atoms with E-state index in [0.717, 1.165) is 0 Å². The van der Waals surface area contributed by atoms with E-state index in [-0.39, 0.29) is 0 Å². The summed E-state index contributed by atoms with van der Waals surface area (Å²) in [5, 5.41) is 0. The summed E-state index contributed by atoms with van der Waals surface area (Å²) in [6, 6.07) is 21.8. The first kappa shape index (κ1) is 13.9. The molecule has 2 rings (SSSR count). The molecule has 0 amide bonds. The van der Waals surface area contributed by atoms with Gasteiger partial charge >= 0.3 is 0 Å². The Morgan fingerprint density at radius 3 is 1.68 bits per heavy atom. The maximum absolute atomic E-state index is 2.37. The van der Waals surface area contributed by atoms with Crippen molar-refractivity contribution in [3.05, 3.63) is 71.8 Å². The minimum Gasteiger partial charge on any atom is -0.0651 e. The topological polar surface area (TPSA) is 0 Å². The molecule has 0 heteroatoms. The van der Waals surface area contributed by atoms with E-state index in [2.05, 4.69) is 81.4 Å². The highest BCUT2D eigenvalue weighted by Crippen LogP contribution is 2.39. The van der Waals surface area contributed by atoms with Gasteiger partial charge in [-0.25, -0.2) is 0 Å². The molecular formula is C19H24. The molecular weight excluding hydrogens is 228 g/mol. The maximum atomic E-state index is 2.37. The van der Waals surface area contributed by atoms with Crippen LogP contribution in [0.15, 0.2) is 60.7 Å². The van der Waals surface area contributed by atoms with Gasteiger partial charge in [0.1, 0.15) is 0 Å². The molecule has 19 heavy (non-hydrogen) atoms. The van der Waals surface area contributed by atoms with Gasteiger partial charge in [0.2, 0.25) is 0 Å². The summed E-state index contributed by atoms with van der Waals surface area (Å²) in [6.45, 7) is 7.02. The second-order valence-electron chi connectivity index (χ2n) is 5.52. The molecule has 0 spiro atoms. The van der Waals surface area contributed by atoms with Crippen LogP contribution in [0.4, 0.5) is 0 Å². The zero-order chi connectivity index (χ0) is 13.7. The number of hydrogen-bond donors (Lipinski definition) is 0. The molecule has 0 aromatic heterocycles. The second-order valence-corrected chi connectivity index (χ2v) is 5.52. The van der Waals surface area contributed by atoms with E-state index in [4.69, 9.17) is 0 Å². The molecule has 0 aliphatic heterocycles. The fraction of sp³-hybridized carbons (Fsp3) is 0.368. The Labute approximate surface area is 117 Å². The lowest BCUT2D eigenvalue weighted by molar-refractivity contribution is 0.397. The van der Waals surface area contributed by atoms with Crippen LogP contribution >= 0.6 is 0 Å². The Morgan fingerprint density at radius 2 is 1.21 bits per heavy atom. The molecule has 0 saturated carbocycles. The third-order valence-electron chi connectivity index (χ3n) is 4.31. The Balaban J connectivity index is 2.34. The monoisotopic (exact) mass is 252 g/mol. The van der Waals surface area contributed by atoms with Crippen molar-refractivity contribution in [2.45, 2.75) is 39.0 Å². The predicted octanol–water partition coefficient (Wildman–Crippen LogP) is 5.62. The summed E-state index contributed by atoms with van der Waals surface area (Å²) >= 11 is 0. The van der Waals surface area contributed by atoms with Crippen molar-refractivity contribution in [1.29, 1.82) is 0 Å². The van der Waals surface area contributed by atoms with Crippen LogP contribution in [0.2, 0.25) is 0 Å². The minimum absolute atomic E-state index is 0.554. The van der Waals surface area contributed by atoms with Crippen molar-refractivity contribution in [3.63, 3.8) is 0 Å². The third-order valence-corrected chi connectivity index (χ3v) is 4.31. The van der Waals surface area contributed by atoms with Gasteiger partial charge in [-0.15, -0.1) is 0 Å². The molecule has 3 unspecified atom stereocenters. The quantitative estimate of drug-likeness (QED) is 0.648. The van der Waals surface area contributed by atoms with Crippen LogP contribution < -0.4 is 0 Å². The van der Waals surface area contributed by atoms with Crippen LogP contribution in [0.25, 0.3) is 0 Å². The first-order valence-corrected chi connectivity index (χ1v) is 7.34. The van der Waals surface area contributed by atoms with Crippen LogP contribution in [-0.4, -0.2) is 0 Å². The average molecular weight is 252 g/mol. The van der Waals surface area contributed by atoms with Crippen LogP contribution in [0.3, 0.4) is 0 Å². The second kappa shape index (κ2) is 6.56. The van der Waals surface area contributed by atoms with E-state index in [1.165, 1.54) is 17.5 Å². The molecule has 0 heterocycles. The van der Waals surface area contributed by atoms with Crippen molar-refractivity contribution < 1.29 is 0 Å². The molecule has 0 saturated heterocycles. The Kier molecular flexibility index (Phi) is 4.79. The highest BCUT2D eigenvalue weighted by atomic mass is 14.3.